The van der Waals surface area contributed by atoms with Crippen molar-refractivity contribution < 1.29 is 4.79 Å². The maximum absolute atomic E-state index is 12.2. The van der Waals surface area contributed by atoms with Crippen LogP contribution in [0.3, 0.4) is 0 Å². The van der Waals surface area contributed by atoms with E-state index in [1.165, 1.54) is 0 Å². The van der Waals surface area contributed by atoms with E-state index in [0.717, 1.165) is 25.2 Å². The first-order chi connectivity index (χ1) is 11.7. The molecule has 1 unspecified atom stereocenters. The molecule has 1 fully saturated rings. The molecule has 0 spiro atoms. The maximum Gasteiger partial charge on any atom is 0.238 e. The summed E-state index contributed by atoms with van der Waals surface area (Å²) in [6, 6.07) is 12.8. The molecule has 0 bridgehead atoms. The molecule has 0 aliphatic carbocycles. The minimum atomic E-state index is -0.0857. The molecular weight excluding hydrogens is 324 g/mol. The third kappa shape index (κ3) is 3.91. The number of hydrogen-bond donors (Lipinski definition) is 1. The standard InChI is InChI=1S/C18H17ClN4O/c19-16-9-15(5-4-13(16)10-20)22-18(24)12-23-8-6-14(11-23)17-3-1-2-7-21-17/h1-5,7,9,14H,6,8,11-12H2,(H,22,24). The van der Waals surface area contributed by atoms with E-state index in [2.05, 4.69) is 15.2 Å². The van der Waals surface area contributed by atoms with Gasteiger partial charge in [0, 0.05) is 30.0 Å². The predicted octanol–water partition coefficient (Wildman–Crippen LogP) is 3.03. The van der Waals surface area contributed by atoms with Crippen LogP contribution in [0.25, 0.3) is 0 Å². The van der Waals surface area contributed by atoms with Crippen LogP contribution in [0.1, 0.15) is 23.6 Å². The number of halogens is 1. The third-order valence-electron chi connectivity index (χ3n) is 4.12. The van der Waals surface area contributed by atoms with Crippen LogP contribution in [-0.4, -0.2) is 35.4 Å². The van der Waals surface area contributed by atoms with Gasteiger partial charge in [-0.15, -0.1) is 0 Å². The number of nitriles is 1. The monoisotopic (exact) mass is 340 g/mol. The number of anilines is 1. The Hall–Kier alpha value is -2.42. The van der Waals surface area contributed by atoms with E-state index in [-0.39, 0.29) is 5.91 Å². The van der Waals surface area contributed by atoms with Gasteiger partial charge >= 0.3 is 0 Å². The molecule has 0 saturated carbocycles. The lowest BCUT2D eigenvalue weighted by Gasteiger charge is -2.15. The largest absolute Gasteiger partial charge is 0.325 e. The number of likely N-dealkylation sites (tertiary alicyclic amines) is 1. The summed E-state index contributed by atoms with van der Waals surface area (Å²) in [5, 5.41) is 12.0. The highest BCUT2D eigenvalue weighted by molar-refractivity contribution is 6.32. The molecule has 1 saturated heterocycles. The van der Waals surface area contributed by atoms with Crippen LogP contribution in [0.2, 0.25) is 5.02 Å². The topological polar surface area (TPSA) is 69.0 Å². The van der Waals surface area contributed by atoms with Gasteiger partial charge in [0.2, 0.25) is 5.91 Å². The van der Waals surface area contributed by atoms with Crippen molar-refractivity contribution in [1.82, 2.24) is 9.88 Å². The Balaban J connectivity index is 1.54. The lowest BCUT2D eigenvalue weighted by atomic mass is 10.0. The minimum absolute atomic E-state index is 0.0857. The average molecular weight is 341 g/mol. The minimum Gasteiger partial charge on any atom is -0.325 e. The molecule has 2 heterocycles. The molecule has 24 heavy (non-hydrogen) atoms. The van der Waals surface area contributed by atoms with Crippen LogP contribution in [0.5, 0.6) is 0 Å². The van der Waals surface area contributed by atoms with Crippen molar-refractivity contribution >= 4 is 23.2 Å². The lowest BCUT2D eigenvalue weighted by molar-refractivity contribution is -0.117. The first-order valence-electron chi connectivity index (χ1n) is 7.78. The van der Waals surface area contributed by atoms with Gasteiger partial charge in [-0.1, -0.05) is 17.7 Å². The van der Waals surface area contributed by atoms with Crippen molar-refractivity contribution in [1.29, 1.82) is 5.26 Å². The van der Waals surface area contributed by atoms with E-state index in [0.29, 0.717) is 28.7 Å². The molecule has 5 nitrogen and oxygen atoms in total. The van der Waals surface area contributed by atoms with Crippen molar-refractivity contribution in [2.45, 2.75) is 12.3 Å². The summed E-state index contributed by atoms with van der Waals surface area (Å²) >= 11 is 5.98. The average Bonchev–Trinajstić information content (AvgIpc) is 3.04. The predicted molar refractivity (Wildman–Crippen MR) is 92.8 cm³/mol. The fourth-order valence-electron chi connectivity index (χ4n) is 2.92. The number of nitrogens with zero attached hydrogens (tertiary/aromatic N) is 3. The van der Waals surface area contributed by atoms with Crippen LogP contribution < -0.4 is 5.32 Å². The fourth-order valence-corrected chi connectivity index (χ4v) is 3.15. The van der Waals surface area contributed by atoms with Gasteiger partial charge in [-0.05, 0) is 43.3 Å². The molecule has 3 rings (SSSR count). The summed E-state index contributed by atoms with van der Waals surface area (Å²) < 4.78 is 0. The van der Waals surface area contributed by atoms with E-state index in [9.17, 15) is 4.79 Å². The molecule has 6 heteroatoms. The van der Waals surface area contributed by atoms with Gasteiger partial charge in [0.15, 0.2) is 0 Å². The van der Waals surface area contributed by atoms with Gasteiger partial charge in [-0.3, -0.25) is 14.7 Å². The Bertz CT molecular complexity index is 772. The number of carbonyl (C=O) groups excluding carboxylic acids is 1. The van der Waals surface area contributed by atoms with Crippen LogP contribution in [0.4, 0.5) is 5.69 Å². The van der Waals surface area contributed by atoms with Gasteiger partial charge in [0.1, 0.15) is 6.07 Å². The number of benzene rings is 1. The van der Waals surface area contributed by atoms with Crippen LogP contribution in [0.15, 0.2) is 42.6 Å². The SMILES string of the molecule is N#Cc1ccc(NC(=O)CN2CCC(c3ccccn3)C2)cc1Cl. The molecule has 1 N–H and O–H groups in total. The number of hydrogen-bond acceptors (Lipinski definition) is 4. The van der Waals surface area contributed by atoms with Gasteiger partial charge in [0.05, 0.1) is 17.1 Å². The summed E-state index contributed by atoms with van der Waals surface area (Å²) in [5.41, 5.74) is 2.08. The van der Waals surface area contributed by atoms with Gasteiger partial charge < -0.3 is 5.32 Å². The Morgan fingerprint density at radius 2 is 2.29 bits per heavy atom. The molecule has 0 radical (unpaired) electrons. The number of aromatic nitrogens is 1. The molecule has 2 aromatic rings. The Labute approximate surface area is 145 Å². The van der Waals surface area contributed by atoms with E-state index in [1.54, 1.807) is 24.4 Å². The highest BCUT2D eigenvalue weighted by Crippen LogP contribution is 2.25. The summed E-state index contributed by atoms with van der Waals surface area (Å²) in [5.74, 6) is 0.292. The zero-order chi connectivity index (χ0) is 16.9. The molecule has 1 aliphatic heterocycles. The van der Waals surface area contributed by atoms with Crippen LogP contribution >= 0.6 is 11.6 Å². The fraction of sp³-hybridized carbons (Fsp3) is 0.278. The quantitative estimate of drug-likeness (QED) is 0.928. The Kier molecular flexibility index (Phi) is 5.09. The van der Waals surface area contributed by atoms with Crippen molar-refractivity contribution in [3.05, 3.63) is 58.9 Å². The van der Waals surface area contributed by atoms with E-state index in [1.807, 2.05) is 24.3 Å². The third-order valence-corrected chi connectivity index (χ3v) is 4.43. The molecule has 1 atom stereocenters. The first-order valence-corrected chi connectivity index (χ1v) is 8.16. The van der Waals surface area contributed by atoms with Crippen LogP contribution in [0, 0.1) is 11.3 Å². The number of rotatable bonds is 4. The van der Waals surface area contributed by atoms with Crippen LogP contribution in [-0.2, 0) is 4.79 Å². The van der Waals surface area contributed by atoms with E-state index in [4.69, 9.17) is 16.9 Å². The molecule has 1 aromatic carbocycles. The summed E-state index contributed by atoms with van der Waals surface area (Å²) in [6.45, 7) is 2.04. The zero-order valence-corrected chi connectivity index (χ0v) is 13.8. The highest BCUT2D eigenvalue weighted by Gasteiger charge is 2.25. The smallest absolute Gasteiger partial charge is 0.238 e. The van der Waals surface area contributed by atoms with Crippen molar-refractivity contribution in [2.75, 3.05) is 25.0 Å². The first kappa shape index (κ1) is 16.4. The molecule has 1 amide bonds. The van der Waals surface area contributed by atoms with Crippen molar-refractivity contribution in [2.24, 2.45) is 0 Å². The number of pyridine rings is 1. The number of amides is 1. The van der Waals surface area contributed by atoms with Gasteiger partial charge in [-0.2, -0.15) is 5.26 Å². The van der Waals surface area contributed by atoms with E-state index >= 15 is 0 Å². The molecular formula is C18H17ClN4O. The molecule has 1 aliphatic rings. The number of carbonyl (C=O) groups is 1. The summed E-state index contributed by atoms with van der Waals surface area (Å²) in [6.07, 6.45) is 2.81. The number of nitrogens with one attached hydrogen (secondary N) is 1. The summed E-state index contributed by atoms with van der Waals surface area (Å²) in [4.78, 5) is 18.7. The molecule has 122 valence electrons. The molecule has 1 aromatic heterocycles. The lowest BCUT2D eigenvalue weighted by Crippen LogP contribution is -2.31. The maximum atomic E-state index is 12.2. The van der Waals surface area contributed by atoms with E-state index < -0.39 is 0 Å². The normalized spacial score (nSPS) is 17.4. The van der Waals surface area contributed by atoms with Gasteiger partial charge in [0.25, 0.3) is 0 Å². The van der Waals surface area contributed by atoms with Gasteiger partial charge in [-0.25, -0.2) is 0 Å². The second kappa shape index (κ2) is 7.43. The summed E-state index contributed by atoms with van der Waals surface area (Å²) in [7, 11) is 0. The zero-order valence-electron chi connectivity index (χ0n) is 13.1. The van der Waals surface area contributed by atoms with Crippen molar-refractivity contribution in [3.8, 4) is 6.07 Å². The highest BCUT2D eigenvalue weighted by atomic mass is 35.5. The Morgan fingerprint density at radius 1 is 1.42 bits per heavy atom. The second-order valence-corrected chi connectivity index (χ2v) is 6.24. The van der Waals surface area contributed by atoms with Crippen molar-refractivity contribution in [3.63, 3.8) is 0 Å². The Morgan fingerprint density at radius 3 is 3.00 bits per heavy atom. The second-order valence-electron chi connectivity index (χ2n) is 5.83.